The Kier molecular flexibility index (Phi) is 1.91. The van der Waals surface area contributed by atoms with E-state index in [2.05, 4.69) is 25.1 Å². The van der Waals surface area contributed by atoms with Crippen LogP contribution in [-0.4, -0.2) is 5.75 Å². The van der Waals surface area contributed by atoms with Crippen molar-refractivity contribution < 1.29 is 0 Å². The molecule has 0 bridgehead atoms. The van der Waals surface area contributed by atoms with Crippen LogP contribution < -0.4 is 0 Å². The van der Waals surface area contributed by atoms with Crippen LogP contribution in [-0.2, 0) is 12.8 Å². The summed E-state index contributed by atoms with van der Waals surface area (Å²) in [7, 11) is 0. The average molecular weight is 163 g/mol. The van der Waals surface area contributed by atoms with Gasteiger partial charge in [0.2, 0.25) is 0 Å². The lowest BCUT2D eigenvalue weighted by molar-refractivity contribution is 1.07. The zero-order valence-electron chi connectivity index (χ0n) is 6.47. The van der Waals surface area contributed by atoms with Crippen molar-refractivity contribution in [1.82, 2.24) is 0 Å². The minimum atomic E-state index is 0.934. The fourth-order valence-corrected chi connectivity index (χ4v) is 2.64. The number of rotatable bonds is 1. The monoisotopic (exact) mass is 163 g/mol. The van der Waals surface area contributed by atoms with Gasteiger partial charge in [-0.1, -0.05) is 12.1 Å². The second kappa shape index (κ2) is 2.90. The van der Waals surface area contributed by atoms with E-state index in [-0.39, 0.29) is 0 Å². The Balaban J connectivity index is 2.50. The third kappa shape index (κ3) is 1.18. The van der Waals surface area contributed by atoms with E-state index in [1.54, 1.807) is 5.56 Å². The Morgan fingerprint density at radius 1 is 1.45 bits per heavy atom. The van der Waals surface area contributed by atoms with Crippen molar-refractivity contribution in [3.05, 3.63) is 36.2 Å². The molecule has 0 aromatic heterocycles. The van der Waals surface area contributed by atoms with Gasteiger partial charge in [-0.25, -0.2) is 0 Å². The molecule has 11 heavy (non-hydrogen) atoms. The molecule has 2 rings (SSSR count). The molecule has 0 spiro atoms. The number of hydrogen-bond donors (Lipinski definition) is 0. The SMILES string of the molecule is [CH2]Cc1cccc2c1CCS2. The van der Waals surface area contributed by atoms with Crippen LogP contribution in [0.15, 0.2) is 23.1 Å². The summed E-state index contributed by atoms with van der Waals surface area (Å²) in [5.74, 6) is 1.26. The Bertz CT molecular complexity index is 266. The van der Waals surface area contributed by atoms with Gasteiger partial charge in [-0.3, -0.25) is 0 Å². The third-order valence-corrected chi connectivity index (χ3v) is 3.21. The molecule has 1 heteroatoms. The summed E-state index contributed by atoms with van der Waals surface area (Å²) in [6.45, 7) is 3.92. The van der Waals surface area contributed by atoms with Gasteiger partial charge in [-0.05, 0) is 37.0 Å². The van der Waals surface area contributed by atoms with Crippen molar-refractivity contribution in [3.63, 3.8) is 0 Å². The van der Waals surface area contributed by atoms with Crippen LogP contribution in [0.1, 0.15) is 11.1 Å². The average Bonchev–Trinajstić information content (AvgIpc) is 2.50. The van der Waals surface area contributed by atoms with Gasteiger partial charge >= 0.3 is 0 Å². The molecule has 0 saturated heterocycles. The van der Waals surface area contributed by atoms with Crippen LogP contribution in [0.25, 0.3) is 0 Å². The normalized spacial score (nSPS) is 15.0. The quantitative estimate of drug-likeness (QED) is 0.613. The first-order valence-electron chi connectivity index (χ1n) is 3.94. The van der Waals surface area contributed by atoms with Crippen LogP contribution in [0.3, 0.4) is 0 Å². The van der Waals surface area contributed by atoms with Gasteiger partial charge in [0.25, 0.3) is 0 Å². The summed E-state index contributed by atoms with van der Waals surface area (Å²) in [5, 5.41) is 0. The van der Waals surface area contributed by atoms with Gasteiger partial charge < -0.3 is 0 Å². The number of benzene rings is 1. The second-order valence-electron chi connectivity index (χ2n) is 2.74. The molecule has 1 aliphatic heterocycles. The molecule has 57 valence electrons. The minimum Gasteiger partial charge on any atom is -0.126 e. The highest BCUT2D eigenvalue weighted by molar-refractivity contribution is 7.99. The highest BCUT2D eigenvalue weighted by Gasteiger charge is 2.12. The van der Waals surface area contributed by atoms with Gasteiger partial charge in [0.1, 0.15) is 0 Å². The lowest BCUT2D eigenvalue weighted by Crippen LogP contribution is -1.89. The maximum atomic E-state index is 3.92. The highest BCUT2D eigenvalue weighted by Crippen LogP contribution is 2.33. The third-order valence-electron chi connectivity index (χ3n) is 2.11. The summed E-state index contributed by atoms with van der Waals surface area (Å²) in [5.41, 5.74) is 2.99. The lowest BCUT2D eigenvalue weighted by Gasteiger charge is -2.03. The van der Waals surface area contributed by atoms with Crippen LogP contribution in [0, 0.1) is 6.92 Å². The van der Waals surface area contributed by atoms with Crippen molar-refractivity contribution >= 4 is 11.8 Å². The number of hydrogen-bond acceptors (Lipinski definition) is 1. The highest BCUT2D eigenvalue weighted by atomic mass is 32.2. The topological polar surface area (TPSA) is 0 Å². The molecule has 0 saturated carbocycles. The van der Waals surface area contributed by atoms with E-state index in [1.165, 1.54) is 22.6 Å². The van der Waals surface area contributed by atoms with E-state index in [4.69, 9.17) is 0 Å². The van der Waals surface area contributed by atoms with E-state index < -0.39 is 0 Å². The predicted molar refractivity (Wildman–Crippen MR) is 49.9 cm³/mol. The van der Waals surface area contributed by atoms with Crippen molar-refractivity contribution in [3.8, 4) is 0 Å². The molecule has 0 N–H and O–H groups in total. The van der Waals surface area contributed by atoms with E-state index >= 15 is 0 Å². The summed E-state index contributed by atoms with van der Waals surface area (Å²) in [6.07, 6.45) is 2.18. The molecule has 1 aliphatic rings. The molecule has 1 aromatic rings. The Labute approximate surface area is 72.0 Å². The van der Waals surface area contributed by atoms with Gasteiger partial charge in [0.15, 0.2) is 0 Å². The van der Waals surface area contributed by atoms with Crippen molar-refractivity contribution in [2.75, 3.05) is 5.75 Å². The number of thioether (sulfide) groups is 1. The van der Waals surface area contributed by atoms with Crippen molar-refractivity contribution in [1.29, 1.82) is 0 Å². The Hall–Kier alpha value is -0.430. The molecular weight excluding hydrogens is 152 g/mol. The first-order valence-corrected chi connectivity index (χ1v) is 4.93. The van der Waals surface area contributed by atoms with Crippen LogP contribution >= 0.6 is 11.8 Å². The van der Waals surface area contributed by atoms with E-state index in [1.807, 2.05) is 11.8 Å². The maximum absolute atomic E-state index is 3.92. The Morgan fingerprint density at radius 2 is 2.36 bits per heavy atom. The van der Waals surface area contributed by atoms with Gasteiger partial charge in [0.05, 0.1) is 0 Å². The number of fused-ring (bicyclic) bond motifs is 1. The standard InChI is InChI=1S/C10H11S/c1-2-8-4-3-5-10-9(8)6-7-11-10/h3-5H,1-2,6-7H2. The van der Waals surface area contributed by atoms with Crippen molar-refractivity contribution in [2.24, 2.45) is 0 Å². The molecule has 0 atom stereocenters. The molecule has 0 unspecified atom stereocenters. The van der Waals surface area contributed by atoms with E-state index in [0.717, 1.165) is 6.42 Å². The zero-order chi connectivity index (χ0) is 7.68. The van der Waals surface area contributed by atoms with E-state index in [0.29, 0.717) is 0 Å². The summed E-state index contributed by atoms with van der Waals surface area (Å²) in [6, 6.07) is 6.54. The first kappa shape index (κ1) is 7.23. The van der Waals surface area contributed by atoms with Gasteiger partial charge in [0, 0.05) is 10.6 Å². The van der Waals surface area contributed by atoms with Crippen LogP contribution in [0.2, 0.25) is 0 Å². The van der Waals surface area contributed by atoms with Crippen molar-refractivity contribution in [2.45, 2.75) is 17.7 Å². The molecule has 1 radical (unpaired) electrons. The maximum Gasteiger partial charge on any atom is 0.0107 e. The van der Waals surface area contributed by atoms with Gasteiger partial charge in [-0.15, -0.1) is 11.8 Å². The largest absolute Gasteiger partial charge is 0.126 e. The summed E-state index contributed by atoms with van der Waals surface area (Å²) < 4.78 is 0. The molecule has 1 heterocycles. The second-order valence-corrected chi connectivity index (χ2v) is 3.88. The molecule has 0 aliphatic carbocycles. The fraction of sp³-hybridized carbons (Fsp3) is 0.300. The molecule has 0 amide bonds. The minimum absolute atomic E-state index is 0.934. The zero-order valence-corrected chi connectivity index (χ0v) is 7.29. The predicted octanol–water partition coefficient (Wildman–Crippen LogP) is 2.71. The molecule has 0 nitrogen and oxygen atoms in total. The lowest BCUT2D eigenvalue weighted by atomic mass is 10.0. The van der Waals surface area contributed by atoms with Gasteiger partial charge in [-0.2, -0.15) is 0 Å². The smallest absolute Gasteiger partial charge is 0.0107 e. The molecular formula is C10H11S. The Morgan fingerprint density at radius 3 is 3.18 bits per heavy atom. The molecule has 1 aromatic carbocycles. The summed E-state index contributed by atoms with van der Waals surface area (Å²) in [4.78, 5) is 1.48. The van der Waals surface area contributed by atoms with Crippen LogP contribution in [0.5, 0.6) is 0 Å². The molecule has 0 fully saturated rings. The first-order chi connectivity index (χ1) is 5.42. The van der Waals surface area contributed by atoms with Crippen LogP contribution in [0.4, 0.5) is 0 Å². The summed E-state index contributed by atoms with van der Waals surface area (Å²) >= 11 is 1.97. The van der Waals surface area contributed by atoms with E-state index in [9.17, 15) is 0 Å². The fourth-order valence-electron chi connectivity index (χ4n) is 1.53.